The van der Waals surface area contributed by atoms with E-state index in [2.05, 4.69) is 9.72 Å². The Morgan fingerprint density at radius 3 is 2.67 bits per heavy atom. The van der Waals surface area contributed by atoms with Crippen LogP contribution in [-0.4, -0.2) is 16.2 Å². The number of para-hydroxylation sites is 3. The lowest BCUT2D eigenvalue weighted by Gasteiger charge is -2.13. The summed E-state index contributed by atoms with van der Waals surface area (Å²) in [6, 6.07) is 12.1. The number of benzene rings is 2. The molecule has 0 spiro atoms. The largest absolute Gasteiger partial charge is 0.433 e. The zero-order valence-corrected chi connectivity index (χ0v) is 11.3. The highest BCUT2D eigenvalue weighted by molar-refractivity contribution is 5.84. The zero-order valence-electron chi connectivity index (χ0n) is 11.3. The van der Waals surface area contributed by atoms with Crippen LogP contribution in [0, 0.1) is 6.92 Å². The van der Waals surface area contributed by atoms with Gasteiger partial charge in [0.25, 0.3) is 0 Å². The Hall–Kier alpha value is -2.63. The molecule has 0 radical (unpaired) electrons. The van der Waals surface area contributed by atoms with Gasteiger partial charge in [-0.2, -0.15) is 8.78 Å². The molecule has 0 aliphatic rings. The summed E-state index contributed by atoms with van der Waals surface area (Å²) < 4.78 is 31.3. The lowest BCUT2D eigenvalue weighted by atomic mass is 10.2. The predicted molar refractivity (Wildman–Crippen MR) is 76.9 cm³/mol. The molecular formula is C15H13F2N3O. The van der Waals surface area contributed by atoms with E-state index >= 15 is 0 Å². The van der Waals surface area contributed by atoms with Gasteiger partial charge >= 0.3 is 6.61 Å². The fourth-order valence-electron chi connectivity index (χ4n) is 2.39. The molecule has 0 aliphatic heterocycles. The number of aromatic nitrogens is 2. The second-order valence-corrected chi connectivity index (χ2v) is 4.59. The van der Waals surface area contributed by atoms with Crippen molar-refractivity contribution in [3.05, 3.63) is 48.0 Å². The maximum atomic E-state index is 12.6. The normalized spacial score (nSPS) is 11.2. The number of hydrogen-bond donors (Lipinski definition) is 1. The number of nitrogens with two attached hydrogens (primary N) is 1. The minimum atomic E-state index is -2.90. The van der Waals surface area contributed by atoms with Gasteiger partial charge in [-0.1, -0.05) is 24.3 Å². The molecule has 4 nitrogen and oxygen atoms in total. The summed E-state index contributed by atoms with van der Waals surface area (Å²) in [7, 11) is 0. The molecule has 1 heterocycles. The van der Waals surface area contributed by atoms with Gasteiger partial charge in [0, 0.05) is 0 Å². The van der Waals surface area contributed by atoms with E-state index in [0.717, 1.165) is 11.1 Å². The highest BCUT2D eigenvalue weighted by Crippen LogP contribution is 2.31. The van der Waals surface area contributed by atoms with Crippen molar-refractivity contribution in [2.75, 3.05) is 5.73 Å². The number of hydrogen-bond acceptors (Lipinski definition) is 3. The van der Waals surface area contributed by atoms with Crippen LogP contribution in [0.15, 0.2) is 42.5 Å². The molecule has 108 valence electrons. The lowest BCUT2D eigenvalue weighted by molar-refractivity contribution is -0.0498. The van der Waals surface area contributed by atoms with Gasteiger partial charge in [-0.25, -0.2) is 4.98 Å². The van der Waals surface area contributed by atoms with Gasteiger partial charge in [-0.05, 0) is 30.7 Å². The molecule has 0 saturated heterocycles. The third kappa shape index (κ3) is 2.29. The molecule has 2 aromatic carbocycles. The molecule has 1 aromatic heterocycles. The maximum absolute atomic E-state index is 12.6. The first-order valence-electron chi connectivity index (χ1n) is 6.35. The van der Waals surface area contributed by atoms with Crippen molar-refractivity contribution in [2.45, 2.75) is 13.5 Å². The van der Waals surface area contributed by atoms with E-state index in [1.807, 2.05) is 25.1 Å². The number of nitrogens with zero attached hydrogens (tertiary/aromatic N) is 2. The fraction of sp³-hybridized carbons (Fsp3) is 0.133. The molecule has 0 fully saturated rings. The standard InChI is InChI=1S/C15H13F2N3O/c1-9-5-4-6-10-13(9)20(15(18)19-10)11-7-2-3-8-12(11)21-14(16)17/h2-8,14H,1H3,(H2,18,19). The second kappa shape index (κ2) is 5.05. The number of nitrogen functional groups attached to an aromatic ring is 1. The Morgan fingerprint density at radius 2 is 1.90 bits per heavy atom. The quantitative estimate of drug-likeness (QED) is 0.802. The number of halogens is 2. The Kier molecular flexibility index (Phi) is 3.21. The predicted octanol–water partition coefficient (Wildman–Crippen LogP) is 3.52. The molecule has 3 aromatic rings. The highest BCUT2D eigenvalue weighted by atomic mass is 19.3. The van der Waals surface area contributed by atoms with Gasteiger partial charge in [-0.15, -0.1) is 0 Å². The van der Waals surface area contributed by atoms with Crippen LogP contribution in [0.5, 0.6) is 5.75 Å². The summed E-state index contributed by atoms with van der Waals surface area (Å²) in [4.78, 5) is 4.27. The third-order valence-electron chi connectivity index (χ3n) is 3.23. The Labute approximate surface area is 119 Å². The summed E-state index contributed by atoms with van der Waals surface area (Å²) in [5, 5.41) is 0. The fourth-order valence-corrected chi connectivity index (χ4v) is 2.39. The van der Waals surface area contributed by atoms with Gasteiger partial charge in [0.15, 0.2) is 0 Å². The van der Waals surface area contributed by atoms with Crippen LogP contribution in [0.1, 0.15) is 5.56 Å². The first-order valence-corrected chi connectivity index (χ1v) is 6.35. The Morgan fingerprint density at radius 1 is 1.14 bits per heavy atom. The van der Waals surface area contributed by atoms with Crippen molar-refractivity contribution in [1.82, 2.24) is 9.55 Å². The summed E-state index contributed by atoms with van der Waals surface area (Å²) in [5.41, 5.74) is 8.83. The summed E-state index contributed by atoms with van der Waals surface area (Å²) in [6.45, 7) is -0.987. The number of aryl methyl sites for hydroxylation is 1. The van der Waals surface area contributed by atoms with Crippen LogP contribution in [0.2, 0.25) is 0 Å². The van der Waals surface area contributed by atoms with Gasteiger partial charge in [0.2, 0.25) is 5.95 Å². The lowest BCUT2D eigenvalue weighted by Crippen LogP contribution is -2.08. The molecule has 21 heavy (non-hydrogen) atoms. The van der Waals surface area contributed by atoms with E-state index in [0.29, 0.717) is 11.2 Å². The van der Waals surface area contributed by atoms with Crippen molar-refractivity contribution in [3.8, 4) is 11.4 Å². The molecule has 0 saturated carbocycles. The minimum absolute atomic E-state index is 0.0572. The van der Waals surface area contributed by atoms with Gasteiger partial charge in [-0.3, -0.25) is 4.57 Å². The number of imidazole rings is 1. The number of fused-ring (bicyclic) bond motifs is 1. The van der Waals surface area contributed by atoms with Crippen molar-refractivity contribution in [2.24, 2.45) is 0 Å². The molecule has 6 heteroatoms. The highest BCUT2D eigenvalue weighted by Gasteiger charge is 2.17. The summed E-state index contributed by atoms with van der Waals surface area (Å²) in [5.74, 6) is 0.284. The molecule has 0 atom stereocenters. The van der Waals surface area contributed by atoms with Crippen LogP contribution in [0.3, 0.4) is 0 Å². The second-order valence-electron chi connectivity index (χ2n) is 4.59. The van der Waals surface area contributed by atoms with Crippen molar-refractivity contribution in [3.63, 3.8) is 0 Å². The molecule has 0 amide bonds. The number of ether oxygens (including phenoxy) is 1. The van der Waals surface area contributed by atoms with Crippen LogP contribution in [-0.2, 0) is 0 Å². The third-order valence-corrected chi connectivity index (χ3v) is 3.23. The zero-order chi connectivity index (χ0) is 15.0. The van der Waals surface area contributed by atoms with Crippen molar-refractivity contribution in [1.29, 1.82) is 0 Å². The van der Waals surface area contributed by atoms with Crippen LogP contribution in [0.25, 0.3) is 16.7 Å². The van der Waals surface area contributed by atoms with Crippen LogP contribution >= 0.6 is 0 Å². The smallest absolute Gasteiger partial charge is 0.387 e. The van der Waals surface area contributed by atoms with Crippen molar-refractivity contribution >= 4 is 17.0 Å². The molecule has 0 unspecified atom stereocenters. The van der Waals surface area contributed by atoms with E-state index in [1.54, 1.807) is 22.8 Å². The number of rotatable bonds is 3. The maximum Gasteiger partial charge on any atom is 0.387 e. The SMILES string of the molecule is Cc1cccc2nc(N)n(-c3ccccc3OC(F)F)c12. The van der Waals surface area contributed by atoms with Crippen LogP contribution in [0.4, 0.5) is 14.7 Å². The number of anilines is 1. The van der Waals surface area contributed by atoms with E-state index in [-0.39, 0.29) is 11.7 Å². The van der Waals surface area contributed by atoms with Gasteiger partial charge < -0.3 is 10.5 Å². The van der Waals surface area contributed by atoms with E-state index in [9.17, 15) is 8.78 Å². The first kappa shape index (κ1) is 13.4. The topological polar surface area (TPSA) is 53.1 Å². The average molecular weight is 289 g/mol. The van der Waals surface area contributed by atoms with Gasteiger partial charge in [0.05, 0.1) is 16.7 Å². The molecule has 2 N–H and O–H groups in total. The monoisotopic (exact) mass is 289 g/mol. The summed E-state index contributed by atoms with van der Waals surface area (Å²) in [6.07, 6.45) is 0. The summed E-state index contributed by atoms with van der Waals surface area (Å²) >= 11 is 0. The van der Waals surface area contributed by atoms with E-state index < -0.39 is 6.61 Å². The molecule has 0 aliphatic carbocycles. The Bertz CT molecular complexity index is 799. The molecule has 0 bridgehead atoms. The number of alkyl halides is 2. The molecule has 3 rings (SSSR count). The molecular weight excluding hydrogens is 276 g/mol. The van der Waals surface area contributed by atoms with E-state index in [1.165, 1.54) is 6.07 Å². The van der Waals surface area contributed by atoms with E-state index in [4.69, 9.17) is 5.73 Å². The Balaban J connectivity index is 2.28. The van der Waals surface area contributed by atoms with Crippen LogP contribution < -0.4 is 10.5 Å². The first-order chi connectivity index (χ1) is 10.1. The average Bonchev–Trinajstić information content (AvgIpc) is 2.76. The van der Waals surface area contributed by atoms with Crippen molar-refractivity contribution < 1.29 is 13.5 Å². The van der Waals surface area contributed by atoms with Gasteiger partial charge in [0.1, 0.15) is 5.75 Å². The minimum Gasteiger partial charge on any atom is -0.433 e.